The highest BCUT2D eigenvalue weighted by Gasteiger charge is 2.22. The van der Waals surface area contributed by atoms with E-state index in [4.69, 9.17) is 0 Å². The molecule has 0 spiro atoms. The SMILES string of the molecule is Cc1nc(C(C)(C)C)[nH]c(=O)c1C(=O)Nc1ccc2scnc2c1. The van der Waals surface area contributed by atoms with Gasteiger partial charge in [-0.1, -0.05) is 20.8 Å². The van der Waals surface area contributed by atoms with Crippen LogP contribution in [0.1, 0.15) is 42.6 Å². The van der Waals surface area contributed by atoms with E-state index in [2.05, 4.69) is 20.3 Å². The third-order valence-electron chi connectivity index (χ3n) is 3.63. The Bertz CT molecular complexity index is 982. The third kappa shape index (κ3) is 3.07. The molecule has 0 unspecified atom stereocenters. The Labute approximate surface area is 143 Å². The molecule has 7 heteroatoms. The lowest BCUT2D eigenvalue weighted by Gasteiger charge is -2.18. The smallest absolute Gasteiger partial charge is 0.264 e. The molecule has 1 amide bonds. The summed E-state index contributed by atoms with van der Waals surface area (Å²) in [7, 11) is 0. The average Bonchev–Trinajstić information content (AvgIpc) is 2.93. The molecule has 1 aromatic carbocycles. The quantitative estimate of drug-likeness (QED) is 0.748. The van der Waals surface area contributed by atoms with Crippen LogP contribution in [0, 0.1) is 6.92 Å². The second kappa shape index (κ2) is 5.83. The summed E-state index contributed by atoms with van der Waals surface area (Å²) in [6.45, 7) is 7.53. The zero-order valence-corrected chi connectivity index (χ0v) is 14.7. The number of H-pyrrole nitrogens is 1. The summed E-state index contributed by atoms with van der Waals surface area (Å²) >= 11 is 1.53. The van der Waals surface area contributed by atoms with Crippen molar-refractivity contribution in [2.24, 2.45) is 0 Å². The van der Waals surface area contributed by atoms with E-state index in [1.54, 1.807) is 24.6 Å². The lowest BCUT2D eigenvalue weighted by molar-refractivity contribution is 0.102. The standard InChI is InChI=1S/C17H18N4O2S/c1-9-13(15(23)21-16(19-9)17(2,3)4)14(22)20-10-5-6-12-11(7-10)18-8-24-12/h5-8H,1-4H3,(H,20,22)(H,19,21,23). The fraction of sp³-hybridized carbons (Fsp3) is 0.294. The van der Waals surface area contributed by atoms with Gasteiger partial charge in [0, 0.05) is 11.1 Å². The molecule has 3 rings (SSSR count). The molecule has 0 aliphatic carbocycles. The number of rotatable bonds is 2. The fourth-order valence-electron chi connectivity index (χ4n) is 2.34. The van der Waals surface area contributed by atoms with Crippen molar-refractivity contribution in [3.63, 3.8) is 0 Å². The van der Waals surface area contributed by atoms with Gasteiger partial charge in [-0.25, -0.2) is 9.97 Å². The minimum Gasteiger partial charge on any atom is -0.322 e. The Morgan fingerprint density at radius 2 is 2.04 bits per heavy atom. The van der Waals surface area contributed by atoms with Crippen LogP contribution in [-0.4, -0.2) is 20.9 Å². The minimum atomic E-state index is -0.476. The van der Waals surface area contributed by atoms with Crippen molar-refractivity contribution >= 4 is 33.1 Å². The van der Waals surface area contributed by atoms with Crippen molar-refractivity contribution in [2.45, 2.75) is 33.1 Å². The first kappa shape index (κ1) is 16.3. The average molecular weight is 342 g/mol. The van der Waals surface area contributed by atoms with Gasteiger partial charge in [0.05, 0.1) is 21.4 Å². The summed E-state index contributed by atoms with van der Waals surface area (Å²) in [4.78, 5) is 36.2. The molecular formula is C17H18N4O2S. The van der Waals surface area contributed by atoms with Gasteiger partial charge in [0.25, 0.3) is 11.5 Å². The molecule has 0 aliphatic rings. The van der Waals surface area contributed by atoms with Crippen LogP contribution >= 0.6 is 11.3 Å². The Morgan fingerprint density at radius 1 is 1.29 bits per heavy atom. The summed E-state index contributed by atoms with van der Waals surface area (Å²) in [6, 6.07) is 5.46. The molecule has 3 aromatic rings. The highest BCUT2D eigenvalue weighted by atomic mass is 32.1. The number of hydrogen-bond donors (Lipinski definition) is 2. The first-order valence-electron chi connectivity index (χ1n) is 7.52. The van der Waals surface area contributed by atoms with Gasteiger partial charge in [-0.2, -0.15) is 0 Å². The van der Waals surface area contributed by atoms with Gasteiger partial charge in [0.1, 0.15) is 11.4 Å². The van der Waals surface area contributed by atoms with Crippen molar-refractivity contribution in [1.29, 1.82) is 0 Å². The van der Waals surface area contributed by atoms with Crippen molar-refractivity contribution in [2.75, 3.05) is 5.32 Å². The molecule has 0 atom stereocenters. The van der Waals surface area contributed by atoms with E-state index in [1.807, 2.05) is 26.8 Å². The van der Waals surface area contributed by atoms with Crippen molar-refractivity contribution in [3.05, 3.63) is 51.1 Å². The maximum absolute atomic E-state index is 12.5. The Morgan fingerprint density at radius 3 is 2.71 bits per heavy atom. The van der Waals surface area contributed by atoms with Crippen molar-refractivity contribution in [1.82, 2.24) is 15.0 Å². The number of aryl methyl sites for hydroxylation is 1. The second-order valence-electron chi connectivity index (χ2n) is 6.61. The summed E-state index contributed by atoms with van der Waals surface area (Å²) < 4.78 is 1.04. The molecule has 124 valence electrons. The van der Waals surface area contributed by atoms with E-state index in [-0.39, 0.29) is 11.0 Å². The van der Waals surface area contributed by atoms with Gasteiger partial charge in [0.15, 0.2) is 0 Å². The number of nitrogens with zero attached hydrogens (tertiary/aromatic N) is 2. The van der Waals surface area contributed by atoms with Gasteiger partial charge in [-0.15, -0.1) is 11.3 Å². The number of anilines is 1. The van der Waals surface area contributed by atoms with E-state index in [0.29, 0.717) is 17.2 Å². The van der Waals surface area contributed by atoms with Crippen LogP contribution in [0.25, 0.3) is 10.2 Å². The van der Waals surface area contributed by atoms with E-state index in [0.717, 1.165) is 10.2 Å². The Balaban J connectivity index is 1.93. The van der Waals surface area contributed by atoms with Gasteiger partial charge < -0.3 is 10.3 Å². The number of thiazole rings is 1. The minimum absolute atomic E-state index is 0.0291. The maximum atomic E-state index is 12.5. The maximum Gasteiger partial charge on any atom is 0.264 e. The van der Waals surface area contributed by atoms with E-state index < -0.39 is 11.5 Å². The number of amides is 1. The van der Waals surface area contributed by atoms with Crippen LogP contribution in [-0.2, 0) is 5.41 Å². The first-order chi connectivity index (χ1) is 11.3. The highest BCUT2D eigenvalue weighted by Crippen LogP contribution is 2.22. The lowest BCUT2D eigenvalue weighted by atomic mass is 9.95. The molecule has 0 saturated carbocycles. The monoisotopic (exact) mass is 342 g/mol. The predicted molar refractivity (Wildman–Crippen MR) is 95.9 cm³/mol. The molecule has 6 nitrogen and oxygen atoms in total. The van der Waals surface area contributed by atoms with Crippen LogP contribution in [0.3, 0.4) is 0 Å². The normalized spacial score (nSPS) is 11.7. The zero-order valence-electron chi connectivity index (χ0n) is 13.9. The molecule has 24 heavy (non-hydrogen) atoms. The van der Waals surface area contributed by atoms with Gasteiger partial charge in [-0.05, 0) is 25.1 Å². The van der Waals surface area contributed by atoms with Crippen molar-refractivity contribution < 1.29 is 4.79 Å². The van der Waals surface area contributed by atoms with Crippen LogP contribution in [0.15, 0.2) is 28.5 Å². The van der Waals surface area contributed by atoms with Crippen LogP contribution in [0.5, 0.6) is 0 Å². The molecule has 0 radical (unpaired) electrons. The highest BCUT2D eigenvalue weighted by molar-refractivity contribution is 7.16. The van der Waals surface area contributed by atoms with Gasteiger partial charge in [-0.3, -0.25) is 9.59 Å². The topological polar surface area (TPSA) is 87.7 Å². The summed E-state index contributed by atoms with van der Waals surface area (Å²) in [6.07, 6.45) is 0. The van der Waals surface area contributed by atoms with Crippen LogP contribution in [0.4, 0.5) is 5.69 Å². The lowest BCUT2D eigenvalue weighted by Crippen LogP contribution is -2.30. The molecule has 0 saturated heterocycles. The third-order valence-corrected chi connectivity index (χ3v) is 4.44. The number of hydrogen-bond acceptors (Lipinski definition) is 5. The number of carbonyl (C=O) groups is 1. The van der Waals surface area contributed by atoms with Crippen molar-refractivity contribution in [3.8, 4) is 0 Å². The van der Waals surface area contributed by atoms with Crippen LogP contribution in [0.2, 0.25) is 0 Å². The Hall–Kier alpha value is -2.54. The number of fused-ring (bicyclic) bond motifs is 1. The van der Waals surface area contributed by atoms with E-state index in [1.165, 1.54) is 11.3 Å². The number of nitrogens with one attached hydrogen (secondary N) is 2. The molecule has 0 aliphatic heterocycles. The predicted octanol–water partition coefficient (Wildman–Crippen LogP) is 3.24. The molecule has 0 fully saturated rings. The fourth-order valence-corrected chi connectivity index (χ4v) is 3.00. The summed E-state index contributed by atoms with van der Waals surface area (Å²) in [5.41, 5.74) is 2.87. The number of aromatic amines is 1. The largest absolute Gasteiger partial charge is 0.322 e. The summed E-state index contributed by atoms with van der Waals surface area (Å²) in [5, 5.41) is 2.75. The number of benzene rings is 1. The van der Waals surface area contributed by atoms with Crippen LogP contribution < -0.4 is 10.9 Å². The Kier molecular flexibility index (Phi) is 3.96. The van der Waals surface area contributed by atoms with E-state index >= 15 is 0 Å². The molecular weight excluding hydrogens is 324 g/mol. The van der Waals surface area contributed by atoms with Gasteiger partial charge in [0.2, 0.25) is 0 Å². The molecule has 0 bridgehead atoms. The second-order valence-corrected chi connectivity index (χ2v) is 7.50. The number of carbonyl (C=O) groups excluding carboxylic acids is 1. The molecule has 2 aromatic heterocycles. The molecule has 2 N–H and O–H groups in total. The van der Waals surface area contributed by atoms with E-state index in [9.17, 15) is 9.59 Å². The summed E-state index contributed by atoms with van der Waals surface area (Å²) in [5.74, 6) is 0.0849. The first-order valence-corrected chi connectivity index (χ1v) is 8.39. The zero-order chi connectivity index (χ0) is 17.5. The molecule has 2 heterocycles. The number of aromatic nitrogens is 3. The van der Waals surface area contributed by atoms with Gasteiger partial charge >= 0.3 is 0 Å².